The van der Waals surface area contributed by atoms with Crippen molar-refractivity contribution in [3.63, 3.8) is 0 Å². The number of anilines is 3. The lowest BCUT2D eigenvalue weighted by Gasteiger charge is -2.25. The van der Waals surface area contributed by atoms with Crippen LogP contribution in [0, 0.1) is 0 Å². The van der Waals surface area contributed by atoms with Gasteiger partial charge in [0.1, 0.15) is 0 Å². The summed E-state index contributed by atoms with van der Waals surface area (Å²) in [5, 5.41) is 5.14. The highest BCUT2D eigenvalue weighted by atomic mass is 32.1. The van der Waals surface area contributed by atoms with Crippen LogP contribution in [0.25, 0.3) is 58.8 Å². The summed E-state index contributed by atoms with van der Waals surface area (Å²) in [6.45, 7) is 0. The van der Waals surface area contributed by atoms with Crippen LogP contribution < -0.4 is 4.90 Å². The van der Waals surface area contributed by atoms with Crippen LogP contribution in [0.15, 0.2) is 170 Å². The van der Waals surface area contributed by atoms with Crippen LogP contribution in [0.3, 0.4) is 0 Å². The molecule has 0 unspecified atom stereocenters. The molecule has 0 N–H and O–H groups in total. The summed E-state index contributed by atoms with van der Waals surface area (Å²) in [5.41, 5.74) is 9.54. The summed E-state index contributed by atoms with van der Waals surface area (Å²) in [5.74, 6) is 0. The predicted octanol–water partition coefficient (Wildman–Crippen LogP) is 12.3. The van der Waals surface area contributed by atoms with Gasteiger partial charge < -0.3 is 9.47 Å². The van der Waals surface area contributed by atoms with Gasteiger partial charge in [-0.2, -0.15) is 0 Å². The van der Waals surface area contributed by atoms with Crippen LogP contribution in [0.5, 0.6) is 0 Å². The zero-order valence-corrected chi connectivity index (χ0v) is 25.3. The molecule has 45 heavy (non-hydrogen) atoms. The number of hydrogen-bond donors (Lipinski definition) is 0. The molecule has 9 aromatic rings. The van der Waals surface area contributed by atoms with E-state index in [-0.39, 0.29) is 0 Å². The fraction of sp³-hybridized carbons (Fsp3) is 0. The zero-order chi connectivity index (χ0) is 29.7. The van der Waals surface area contributed by atoms with E-state index in [2.05, 4.69) is 179 Å². The van der Waals surface area contributed by atoms with Crippen molar-refractivity contribution in [3.8, 4) is 16.8 Å². The smallest absolute Gasteiger partial charge is 0.0555 e. The van der Waals surface area contributed by atoms with Crippen LogP contribution in [0.2, 0.25) is 0 Å². The minimum Gasteiger partial charge on any atom is -0.310 e. The Bertz CT molecular complexity index is 2420. The Kier molecular flexibility index (Phi) is 6.03. The molecule has 3 heteroatoms. The summed E-state index contributed by atoms with van der Waals surface area (Å²) < 4.78 is 5.01. The number of nitrogens with zero attached hydrogens (tertiary/aromatic N) is 2. The molecule has 0 aliphatic carbocycles. The van der Waals surface area contributed by atoms with Gasteiger partial charge in [0.15, 0.2) is 0 Å². The Balaban J connectivity index is 1.22. The Hall–Kier alpha value is -5.64. The molecule has 0 aliphatic heterocycles. The number of rotatable bonds is 5. The third kappa shape index (κ3) is 4.24. The maximum atomic E-state index is 2.44. The number of benzene rings is 7. The Morgan fingerprint density at radius 1 is 0.400 bits per heavy atom. The van der Waals surface area contributed by atoms with Crippen LogP contribution in [0.4, 0.5) is 17.1 Å². The number of para-hydroxylation sites is 3. The molecule has 0 amide bonds. The zero-order valence-electron chi connectivity index (χ0n) is 24.5. The lowest BCUT2D eigenvalue weighted by atomic mass is 10.0. The van der Waals surface area contributed by atoms with Gasteiger partial charge in [-0.05, 0) is 71.8 Å². The second kappa shape index (κ2) is 10.5. The van der Waals surface area contributed by atoms with E-state index < -0.39 is 0 Å². The summed E-state index contributed by atoms with van der Waals surface area (Å²) >= 11 is 1.87. The molecule has 2 nitrogen and oxygen atoms in total. The quantitative estimate of drug-likeness (QED) is 0.193. The first kappa shape index (κ1) is 25.8. The van der Waals surface area contributed by atoms with E-state index >= 15 is 0 Å². The van der Waals surface area contributed by atoms with Gasteiger partial charge in [-0.15, -0.1) is 11.3 Å². The molecule has 0 atom stereocenters. The van der Waals surface area contributed by atoms with Gasteiger partial charge in [-0.25, -0.2) is 0 Å². The van der Waals surface area contributed by atoms with Gasteiger partial charge in [0.25, 0.3) is 0 Å². The molecule has 0 saturated carbocycles. The topological polar surface area (TPSA) is 8.17 Å². The second-order valence-electron chi connectivity index (χ2n) is 11.4. The Morgan fingerprint density at radius 3 is 1.69 bits per heavy atom. The standard InChI is InChI=1S/C42H28N2S/c1-3-12-29(13-4-1)30-22-24-32(25-23-30)43(31-14-5-2-6-15-31)33-26-27-36-41(28-33)45-40-21-11-20-39(42(36)40)44-37-18-9-7-16-34(37)35-17-8-10-19-38(35)44/h1-28H. The van der Waals surface area contributed by atoms with Crippen LogP contribution in [-0.4, -0.2) is 4.57 Å². The van der Waals surface area contributed by atoms with Crippen molar-refractivity contribution in [1.82, 2.24) is 4.57 Å². The molecule has 0 aliphatic rings. The summed E-state index contributed by atoms with van der Waals surface area (Å²) in [7, 11) is 0. The molecule has 0 spiro atoms. The normalized spacial score (nSPS) is 11.6. The van der Waals surface area contributed by atoms with Crippen LogP contribution in [0.1, 0.15) is 0 Å². The first-order chi connectivity index (χ1) is 22.3. The first-order valence-corrected chi connectivity index (χ1v) is 16.1. The van der Waals surface area contributed by atoms with Gasteiger partial charge in [-0.3, -0.25) is 0 Å². The molecule has 0 bridgehead atoms. The predicted molar refractivity (Wildman–Crippen MR) is 194 cm³/mol. The summed E-state index contributed by atoms with van der Waals surface area (Å²) in [6, 6.07) is 61.3. The lowest BCUT2D eigenvalue weighted by Crippen LogP contribution is -2.09. The van der Waals surface area contributed by atoms with Crippen LogP contribution >= 0.6 is 11.3 Å². The minimum absolute atomic E-state index is 1.13. The fourth-order valence-electron chi connectivity index (χ4n) is 6.76. The van der Waals surface area contributed by atoms with E-state index in [0.29, 0.717) is 0 Å². The maximum absolute atomic E-state index is 2.44. The van der Waals surface area contributed by atoms with Gasteiger partial charge >= 0.3 is 0 Å². The first-order valence-electron chi connectivity index (χ1n) is 15.3. The van der Waals surface area contributed by atoms with E-state index in [1.54, 1.807) is 0 Å². The molecule has 2 heterocycles. The molecular weight excluding hydrogens is 565 g/mol. The van der Waals surface area contributed by atoms with E-state index in [1.165, 1.54) is 58.8 Å². The Morgan fingerprint density at radius 2 is 0.978 bits per heavy atom. The molecule has 9 rings (SSSR count). The molecular formula is C42H28N2S. The SMILES string of the molecule is c1ccc(-c2ccc(N(c3ccccc3)c3ccc4c(c3)sc3cccc(-n5c6ccccc6c6ccccc65)c34)cc2)cc1. The van der Waals surface area contributed by atoms with Crippen molar-refractivity contribution in [2.24, 2.45) is 0 Å². The van der Waals surface area contributed by atoms with E-state index in [4.69, 9.17) is 0 Å². The maximum Gasteiger partial charge on any atom is 0.0555 e. The van der Waals surface area contributed by atoms with E-state index in [0.717, 1.165) is 17.1 Å². The van der Waals surface area contributed by atoms with E-state index in [9.17, 15) is 0 Å². The largest absolute Gasteiger partial charge is 0.310 e. The van der Waals surface area contributed by atoms with Gasteiger partial charge in [0.2, 0.25) is 0 Å². The van der Waals surface area contributed by atoms with Crippen molar-refractivity contribution in [3.05, 3.63) is 170 Å². The highest BCUT2D eigenvalue weighted by Gasteiger charge is 2.18. The van der Waals surface area contributed by atoms with Crippen molar-refractivity contribution in [2.45, 2.75) is 0 Å². The van der Waals surface area contributed by atoms with Gasteiger partial charge in [0.05, 0.1) is 16.7 Å². The monoisotopic (exact) mass is 592 g/mol. The van der Waals surface area contributed by atoms with Crippen LogP contribution in [-0.2, 0) is 0 Å². The molecule has 0 saturated heterocycles. The third-order valence-corrected chi connectivity index (χ3v) is 9.90. The minimum atomic E-state index is 1.13. The van der Waals surface area contributed by atoms with E-state index in [1.807, 2.05) is 11.3 Å². The lowest BCUT2D eigenvalue weighted by molar-refractivity contribution is 1.20. The number of thiophene rings is 1. The Labute approximate surface area is 265 Å². The average molecular weight is 593 g/mol. The molecule has 0 radical (unpaired) electrons. The number of fused-ring (bicyclic) bond motifs is 6. The van der Waals surface area contributed by atoms with Crippen molar-refractivity contribution >= 4 is 70.4 Å². The highest BCUT2D eigenvalue weighted by molar-refractivity contribution is 7.26. The van der Waals surface area contributed by atoms with Gasteiger partial charge in [0, 0.05) is 48.0 Å². The molecule has 0 fully saturated rings. The fourth-order valence-corrected chi connectivity index (χ4v) is 7.92. The van der Waals surface area contributed by atoms with Crippen molar-refractivity contribution in [1.29, 1.82) is 0 Å². The number of aromatic nitrogens is 1. The summed E-state index contributed by atoms with van der Waals surface area (Å²) in [4.78, 5) is 2.35. The van der Waals surface area contributed by atoms with Crippen molar-refractivity contribution in [2.75, 3.05) is 4.90 Å². The van der Waals surface area contributed by atoms with Crippen molar-refractivity contribution < 1.29 is 0 Å². The number of hydrogen-bond acceptors (Lipinski definition) is 2. The summed E-state index contributed by atoms with van der Waals surface area (Å²) in [6.07, 6.45) is 0. The second-order valence-corrected chi connectivity index (χ2v) is 12.5. The molecule has 212 valence electrons. The molecule has 2 aromatic heterocycles. The third-order valence-electron chi connectivity index (χ3n) is 8.78. The molecule has 7 aromatic carbocycles. The average Bonchev–Trinajstić information content (AvgIpc) is 3.65. The highest BCUT2D eigenvalue weighted by Crippen LogP contribution is 2.44. The van der Waals surface area contributed by atoms with Gasteiger partial charge in [-0.1, -0.05) is 109 Å².